The van der Waals surface area contributed by atoms with E-state index in [1.165, 1.54) is 6.42 Å². The van der Waals surface area contributed by atoms with E-state index in [2.05, 4.69) is 0 Å². The molecular formula is C10H19NO3. The van der Waals surface area contributed by atoms with Gasteiger partial charge in [-0.15, -0.1) is 0 Å². The summed E-state index contributed by atoms with van der Waals surface area (Å²) < 4.78 is 5.35. The lowest BCUT2D eigenvalue weighted by Gasteiger charge is -2.34. The molecule has 4 nitrogen and oxygen atoms in total. The molecule has 1 saturated heterocycles. The van der Waals surface area contributed by atoms with Crippen LogP contribution in [0, 0.1) is 0 Å². The third kappa shape index (κ3) is 3.64. The quantitative estimate of drug-likeness (QED) is 0.720. The summed E-state index contributed by atoms with van der Waals surface area (Å²) >= 11 is 0. The Bertz CT molecular complexity index is 184. The van der Waals surface area contributed by atoms with E-state index in [1.54, 1.807) is 0 Å². The highest BCUT2D eigenvalue weighted by atomic mass is 16.5. The summed E-state index contributed by atoms with van der Waals surface area (Å²) in [4.78, 5) is 12.6. The number of carboxylic acids is 1. The number of nitrogens with zero attached hydrogens (tertiary/aromatic N) is 1. The van der Waals surface area contributed by atoms with Crippen LogP contribution in [0.1, 0.15) is 26.2 Å². The van der Waals surface area contributed by atoms with Crippen LogP contribution < -0.4 is 0 Å². The summed E-state index contributed by atoms with van der Waals surface area (Å²) in [7, 11) is 0. The maximum atomic E-state index is 10.6. The molecule has 0 aliphatic carbocycles. The normalized spacial score (nSPS) is 23.6. The highest BCUT2D eigenvalue weighted by Gasteiger charge is 2.23. The third-order valence-electron chi connectivity index (χ3n) is 2.60. The molecule has 14 heavy (non-hydrogen) atoms. The Labute approximate surface area is 84.8 Å². The zero-order valence-corrected chi connectivity index (χ0v) is 8.74. The second-order valence-electron chi connectivity index (χ2n) is 3.67. The minimum Gasteiger partial charge on any atom is -0.480 e. The number of hydrogen-bond acceptors (Lipinski definition) is 3. The van der Waals surface area contributed by atoms with Crippen LogP contribution in [0.5, 0.6) is 0 Å². The van der Waals surface area contributed by atoms with Crippen molar-refractivity contribution >= 4 is 5.97 Å². The number of likely N-dealkylation sites (tertiary alicyclic amines) is 1. The predicted octanol–water partition coefficient (Wildman–Crippen LogP) is 0.962. The van der Waals surface area contributed by atoms with Crippen molar-refractivity contribution < 1.29 is 14.6 Å². The summed E-state index contributed by atoms with van der Waals surface area (Å²) in [6, 6.07) is 0.305. The lowest BCUT2D eigenvalue weighted by Crippen LogP contribution is -2.44. The Morgan fingerprint density at radius 2 is 2.36 bits per heavy atom. The largest absolute Gasteiger partial charge is 0.480 e. The van der Waals surface area contributed by atoms with Crippen LogP contribution in [-0.4, -0.2) is 48.3 Å². The van der Waals surface area contributed by atoms with Gasteiger partial charge in [-0.05, 0) is 26.3 Å². The van der Waals surface area contributed by atoms with Crippen molar-refractivity contribution in [1.29, 1.82) is 0 Å². The Hall–Kier alpha value is -0.610. The molecule has 1 unspecified atom stereocenters. The first kappa shape index (κ1) is 11.5. The van der Waals surface area contributed by atoms with Gasteiger partial charge in [-0.3, -0.25) is 9.69 Å². The van der Waals surface area contributed by atoms with Crippen LogP contribution in [0.2, 0.25) is 0 Å². The fourth-order valence-electron chi connectivity index (χ4n) is 1.88. The first-order valence-corrected chi connectivity index (χ1v) is 5.27. The van der Waals surface area contributed by atoms with Crippen molar-refractivity contribution in [2.75, 3.05) is 26.3 Å². The van der Waals surface area contributed by atoms with Gasteiger partial charge in [0.05, 0.1) is 13.2 Å². The molecule has 0 aromatic carbocycles. The average molecular weight is 201 g/mol. The average Bonchev–Trinajstić information content (AvgIpc) is 2.16. The van der Waals surface area contributed by atoms with Crippen LogP contribution in [0.4, 0.5) is 0 Å². The second-order valence-corrected chi connectivity index (χ2v) is 3.67. The fourth-order valence-corrected chi connectivity index (χ4v) is 1.88. The number of hydrogen-bond donors (Lipinski definition) is 1. The van der Waals surface area contributed by atoms with E-state index in [0.717, 1.165) is 19.4 Å². The van der Waals surface area contributed by atoms with E-state index in [0.29, 0.717) is 19.3 Å². The van der Waals surface area contributed by atoms with E-state index >= 15 is 0 Å². The molecule has 1 heterocycles. The van der Waals surface area contributed by atoms with Crippen LogP contribution in [0.15, 0.2) is 0 Å². The number of rotatable bonds is 5. The Balaban J connectivity index is 2.37. The van der Waals surface area contributed by atoms with Crippen LogP contribution in [0.25, 0.3) is 0 Å². The van der Waals surface area contributed by atoms with Crippen molar-refractivity contribution in [3.63, 3.8) is 0 Å². The van der Waals surface area contributed by atoms with Crippen LogP contribution in [0.3, 0.4) is 0 Å². The van der Waals surface area contributed by atoms with Gasteiger partial charge in [-0.1, -0.05) is 6.42 Å². The lowest BCUT2D eigenvalue weighted by molar-refractivity contribution is -0.139. The molecule has 0 bridgehead atoms. The van der Waals surface area contributed by atoms with E-state index in [1.807, 2.05) is 11.8 Å². The first-order chi connectivity index (χ1) is 6.74. The summed E-state index contributed by atoms with van der Waals surface area (Å²) in [6.45, 7) is 4.38. The SMILES string of the molecule is CCOCC1CCCCN1CC(=O)O. The first-order valence-electron chi connectivity index (χ1n) is 5.27. The highest BCUT2D eigenvalue weighted by molar-refractivity contribution is 5.69. The minimum absolute atomic E-state index is 0.151. The number of piperidine rings is 1. The number of ether oxygens (including phenoxy) is 1. The maximum absolute atomic E-state index is 10.6. The molecule has 1 rings (SSSR count). The molecule has 0 spiro atoms. The fraction of sp³-hybridized carbons (Fsp3) is 0.900. The Morgan fingerprint density at radius 1 is 1.57 bits per heavy atom. The van der Waals surface area contributed by atoms with Gasteiger partial charge in [-0.25, -0.2) is 0 Å². The number of aliphatic carboxylic acids is 1. The van der Waals surface area contributed by atoms with Crippen LogP contribution >= 0.6 is 0 Å². The van der Waals surface area contributed by atoms with Crippen molar-refractivity contribution in [1.82, 2.24) is 4.90 Å². The van der Waals surface area contributed by atoms with Gasteiger partial charge < -0.3 is 9.84 Å². The summed E-state index contributed by atoms with van der Waals surface area (Å²) in [5, 5.41) is 8.73. The molecule has 1 aliphatic rings. The summed E-state index contributed by atoms with van der Waals surface area (Å²) in [5.74, 6) is -0.742. The van der Waals surface area contributed by atoms with Crippen LogP contribution in [-0.2, 0) is 9.53 Å². The van der Waals surface area contributed by atoms with Gasteiger partial charge in [-0.2, -0.15) is 0 Å². The Kier molecular flexibility index (Phi) is 4.90. The van der Waals surface area contributed by atoms with E-state index in [-0.39, 0.29) is 6.54 Å². The topological polar surface area (TPSA) is 49.8 Å². The predicted molar refractivity (Wildman–Crippen MR) is 53.3 cm³/mol. The van der Waals surface area contributed by atoms with Crippen molar-refractivity contribution in [3.05, 3.63) is 0 Å². The second kappa shape index (κ2) is 5.98. The molecule has 1 fully saturated rings. The standard InChI is InChI=1S/C10H19NO3/c1-2-14-8-9-5-3-4-6-11(9)7-10(12)13/h9H,2-8H2,1H3,(H,12,13). The highest BCUT2D eigenvalue weighted by Crippen LogP contribution is 2.16. The minimum atomic E-state index is -0.742. The molecule has 4 heteroatoms. The Morgan fingerprint density at radius 3 is 3.00 bits per heavy atom. The van der Waals surface area contributed by atoms with Gasteiger partial charge in [0, 0.05) is 12.6 Å². The van der Waals surface area contributed by atoms with Gasteiger partial charge >= 0.3 is 5.97 Å². The van der Waals surface area contributed by atoms with E-state index in [4.69, 9.17) is 9.84 Å². The zero-order chi connectivity index (χ0) is 10.4. The van der Waals surface area contributed by atoms with E-state index < -0.39 is 5.97 Å². The van der Waals surface area contributed by atoms with Gasteiger partial charge in [0.25, 0.3) is 0 Å². The van der Waals surface area contributed by atoms with Crippen molar-refractivity contribution in [2.24, 2.45) is 0 Å². The molecule has 1 aliphatic heterocycles. The molecule has 1 atom stereocenters. The molecule has 1 N–H and O–H groups in total. The molecule has 0 radical (unpaired) electrons. The van der Waals surface area contributed by atoms with Gasteiger partial charge in [0.1, 0.15) is 0 Å². The summed E-state index contributed by atoms with van der Waals surface area (Å²) in [6.07, 6.45) is 3.36. The number of carboxylic acid groups (broad SMARTS) is 1. The molecule has 0 amide bonds. The number of carbonyl (C=O) groups is 1. The lowest BCUT2D eigenvalue weighted by atomic mass is 10.0. The van der Waals surface area contributed by atoms with Gasteiger partial charge in [0.2, 0.25) is 0 Å². The van der Waals surface area contributed by atoms with Gasteiger partial charge in [0.15, 0.2) is 0 Å². The maximum Gasteiger partial charge on any atom is 0.317 e. The molecule has 0 aromatic rings. The molecular weight excluding hydrogens is 182 g/mol. The molecule has 82 valence electrons. The van der Waals surface area contributed by atoms with Crippen molar-refractivity contribution in [3.8, 4) is 0 Å². The third-order valence-corrected chi connectivity index (χ3v) is 2.60. The monoisotopic (exact) mass is 201 g/mol. The summed E-state index contributed by atoms with van der Waals surface area (Å²) in [5.41, 5.74) is 0. The smallest absolute Gasteiger partial charge is 0.317 e. The van der Waals surface area contributed by atoms with E-state index in [9.17, 15) is 4.79 Å². The van der Waals surface area contributed by atoms with Crippen molar-refractivity contribution in [2.45, 2.75) is 32.2 Å². The molecule has 0 saturated carbocycles. The molecule has 0 aromatic heterocycles. The zero-order valence-electron chi connectivity index (χ0n) is 8.74.